The molecule has 1 aromatic rings. The van der Waals surface area contributed by atoms with Crippen LogP contribution in [0.3, 0.4) is 0 Å². The SMILES string of the molecule is NC1COCC1C(=O)Cc1cccc(F)c1Cl. The molecule has 5 heteroatoms. The zero-order valence-corrected chi connectivity index (χ0v) is 9.91. The fourth-order valence-electron chi connectivity index (χ4n) is 1.91. The fraction of sp³-hybridized carbons (Fsp3) is 0.417. The first-order valence-electron chi connectivity index (χ1n) is 5.38. The third-order valence-corrected chi connectivity index (χ3v) is 3.36. The van der Waals surface area contributed by atoms with E-state index >= 15 is 0 Å². The highest BCUT2D eigenvalue weighted by Crippen LogP contribution is 2.22. The molecule has 2 N–H and O–H groups in total. The Morgan fingerprint density at radius 1 is 1.53 bits per heavy atom. The second-order valence-corrected chi connectivity index (χ2v) is 4.54. The Bertz CT molecular complexity index is 439. The summed E-state index contributed by atoms with van der Waals surface area (Å²) in [6.45, 7) is 0.736. The van der Waals surface area contributed by atoms with Gasteiger partial charge in [-0.05, 0) is 11.6 Å². The van der Waals surface area contributed by atoms with Crippen molar-refractivity contribution in [3.05, 3.63) is 34.6 Å². The van der Waals surface area contributed by atoms with Gasteiger partial charge in [-0.1, -0.05) is 23.7 Å². The number of Topliss-reactive ketones (excluding diaryl/α,β-unsaturated/α-hetero) is 1. The molecule has 0 amide bonds. The van der Waals surface area contributed by atoms with Crippen molar-refractivity contribution in [2.45, 2.75) is 12.5 Å². The summed E-state index contributed by atoms with van der Waals surface area (Å²) in [5, 5.41) is 0.00772. The average molecular weight is 258 g/mol. The van der Waals surface area contributed by atoms with Gasteiger partial charge in [0.1, 0.15) is 11.6 Å². The quantitative estimate of drug-likeness (QED) is 0.894. The number of ether oxygens (including phenoxy) is 1. The van der Waals surface area contributed by atoms with Gasteiger partial charge in [-0.15, -0.1) is 0 Å². The van der Waals surface area contributed by atoms with Crippen molar-refractivity contribution in [2.75, 3.05) is 13.2 Å². The number of hydrogen-bond donors (Lipinski definition) is 1. The van der Waals surface area contributed by atoms with Gasteiger partial charge in [-0.25, -0.2) is 4.39 Å². The standard InChI is InChI=1S/C12H13ClFNO2/c13-12-7(2-1-3-9(12)14)4-11(16)8-5-17-6-10(8)15/h1-3,8,10H,4-6,15H2. The van der Waals surface area contributed by atoms with E-state index in [9.17, 15) is 9.18 Å². The fourth-order valence-corrected chi connectivity index (χ4v) is 2.10. The molecule has 2 rings (SSSR count). The van der Waals surface area contributed by atoms with Gasteiger partial charge in [-0.2, -0.15) is 0 Å². The van der Waals surface area contributed by atoms with Crippen molar-refractivity contribution in [3.8, 4) is 0 Å². The predicted molar refractivity (Wildman–Crippen MR) is 62.4 cm³/mol. The van der Waals surface area contributed by atoms with Crippen molar-refractivity contribution in [1.82, 2.24) is 0 Å². The predicted octanol–water partition coefficient (Wildman–Crippen LogP) is 1.56. The van der Waals surface area contributed by atoms with E-state index in [1.165, 1.54) is 12.1 Å². The van der Waals surface area contributed by atoms with Crippen LogP contribution < -0.4 is 5.73 Å². The normalized spacial score (nSPS) is 23.9. The zero-order chi connectivity index (χ0) is 12.4. The van der Waals surface area contributed by atoms with Crippen LogP contribution in [0.2, 0.25) is 5.02 Å². The first-order valence-corrected chi connectivity index (χ1v) is 5.76. The maximum atomic E-state index is 13.2. The van der Waals surface area contributed by atoms with E-state index in [1.807, 2.05) is 0 Å². The van der Waals surface area contributed by atoms with Crippen molar-refractivity contribution in [1.29, 1.82) is 0 Å². The zero-order valence-electron chi connectivity index (χ0n) is 9.16. The molecule has 0 aliphatic carbocycles. The van der Waals surface area contributed by atoms with Gasteiger partial charge in [0.2, 0.25) is 0 Å². The lowest BCUT2D eigenvalue weighted by molar-refractivity contribution is -0.122. The van der Waals surface area contributed by atoms with E-state index in [0.29, 0.717) is 18.8 Å². The van der Waals surface area contributed by atoms with E-state index in [-0.39, 0.29) is 29.2 Å². The Balaban J connectivity index is 2.10. The number of carbonyl (C=O) groups excluding carboxylic acids is 1. The van der Waals surface area contributed by atoms with Crippen molar-refractivity contribution in [2.24, 2.45) is 11.7 Å². The molecule has 1 aromatic carbocycles. The molecule has 92 valence electrons. The first-order chi connectivity index (χ1) is 8.09. The highest BCUT2D eigenvalue weighted by Gasteiger charge is 2.31. The molecule has 1 aliphatic rings. The molecule has 0 radical (unpaired) electrons. The largest absolute Gasteiger partial charge is 0.379 e. The molecule has 0 aromatic heterocycles. The van der Waals surface area contributed by atoms with Crippen molar-refractivity contribution in [3.63, 3.8) is 0 Å². The molecular weight excluding hydrogens is 245 g/mol. The Hall–Kier alpha value is -0.970. The summed E-state index contributed by atoms with van der Waals surface area (Å²) in [4.78, 5) is 11.9. The van der Waals surface area contributed by atoms with Crippen LogP contribution in [0, 0.1) is 11.7 Å². The lowest BCUT2D eigenvalue weighted by atomic mass is 9.94. The Morgan fingerprint density at radius 2 is 2.29 bits per heavy atom. The number of halogens is 2. The van der Waals surface area contributed by atoms with Crippen LogP contribution in [0.15, 0.2) is 18.2 Å². The van der Waals surface area contributed by atoms with Crippen molar-refractivity contribution >= 4 is 17.4 Å². The molecule has 1 heterocycles. The molecule has 0 saturated carbocycles. The maximum absolute atomic E-state index is 13.2. The molecule has 1 fully saturated rings. The number of nitrogens with two attached hydrogens (primary N) is 1. The van der Waals surface area contributed by atoms with Gasteiger partial charge in [-0.3, -0.25) is 4.79 Å². The summed E-state index contributed by atoms with van der Waals surface area (Å²) in [7, 11) is 0. The topological polar surface area (TPSA) is 52.3 Å². The summed E-state index contributed by atoms with van der Waals surface area (Å²) < 4.78 is 18.3. The van der Waals surface area contributed by atoms with E-state index < -0.39 is 5.82 Å². The molecule has 1 aliphatic heterocycles. The molecule has 17 heavy (non-hydrogen) atoms. The lowest BCUT2D eigenvalue weighted by Gasteiger charge is -2.12. The van der Waals surface area contributed by atoms with Gasteiger partial charge < -0.3 is 10.5 Å². The molecule has 0 bridgehead atoms. The summed E-state index contributed by atoms with van der Waals surface area (Å²) in [5.41, 5.74) is 6.24. The van der Waals surface area contributed by atoms with Crippen LogP contribution in [-0.4, -0.2) is 25.0 Å². The minimum atomic E-state index is -0.510. The van der Waals surface area contributed by atoms with Crippen LogP contribution in [0.5, 0.6) is 0 Å². The van der Waals surface area contributed by atoms with E-state index in [0.717, 1.165) is 0 Å². The van der Waals surface area contributed by atoms with Gasteiger partial charge in [0.05, 0.1) is 24.2 Å². The third-order valence-electron chi connectivity index (χ3n) is 2.93. The van der Waals surface area contributed by atoms with Crippen LogP contribution in [0.25, 0.3) is 0 Å². The second kappa shape index (κ2) is 5.12. The van der Waals surface area contributed by atoms with Gasteiger partial charge in [0.25, 0.3) is 0 Å². The van der Waals surface area contributed by atoms with E-state index in [2.05, 4.69) is 0 Å². The molecule has 2 atom stereocenters. The maximum Gasteiger partial charge on any atom is 0.144 e. The minimum absolute atomic E-state index is 0.00772. The molecule has 2 unspecified atom stereocenters. The van der Waals surface area contributed by atoms with Crippen molar-refractivity contribution < 1.29 is 13.9 Å². The number of ketones is 1. The average Bonchev–Trinajstić information content (AvgIpc) is 2.71. The van der Waals surface area contributed by atoms with Crippen LogP contribution in [0.4, 0.5) is 4.39 Å². The molecule has 0 spiro atoms. The third kappa shape index (κ3) is 2.65. The first kappa shape index (κ1) is 12.5. The summed E-state index contributed by atoms with van der Waals surface area (Å²) in [6.07, 6.45) is 0.0956. The monoisotopic (exact) mass is 257 g/mol. The summed E-state index contributed by atoms with van der Waals surface area (Å²) in [6, 6.07) is 4.18. The molecule has 1 saturated heterocycles. The number of rotatable bonds is 3. The van der Waals surface area contributed by atoms with E-state index in [4.69, 9.17) is 22.1 Å². The Kier molecular flexibility index (Phi) is 3.76. The van der Waals surface area contributed by atoms with Gasteiger partial charge in [0, 0.05) is 12.5 Å². The molecular formula is C12H13ClFNO2. The van der Waals surface area contributed by atoms with Gasteiger partial charge in [0.15, 0.2) is 0 Å². The van der Waals surface area contributed by atoms with Crippen LogP contribution in [-0.2, 0) is 16.0 Å². The number of hydrogen-bond acceptors (Lipinski definition) is 3. The number of carbonyl (C=O) groups is 1. The highest BCUT2D eigenvalue weighted by molar-refractivity contribution is 6.31. The molecule has 3 nitrogen and oxygen atoms in total. The van der Waals surface area contributed by atoms with Crippen LogP contribution in [0.1, 0.15) is 5.56 Å². The van der Waals surface area contributed by atoms with Gasteiger partial charge >= 0.3 is 0 Å². The second-order valence-electron chi connectivity index (χ2n) is 4.16. The summed E-state index contributed by atoms with van der Waals surface area (Å²) in [5.74, 6) is -0.874. The Morgan fingerprint density at radius 3 is 2.94 bits per heavy atom. The highest BCUT2D eigenvalue weighted by atomic mass is 35.5. The van der Waals surface area contributed by atoms with E-state index in [1.54, 1.807) is 6.07 Å². The minimum Gasteiger partial charge on any atom is -0.379 e. The van der Waals surface area contributed by atoms with Crippen LogP contribution >= 0.6 is 11.6 Å². The Labute approximate surface area is 104 Å². The summed E-state index contributed by atoms with van der Waals surface area (Å²) >= 11 is 5.79. The smallest absolute Gasteiger partial charge is 0.144 e. The lowest BCUT2D eigenvalue weighted by Crippen LogP contribution is -2.34. The number of benzene rings is 1.